The summed E-state index contributed by atoms with van der Waals surface area (Å²) in [6.45, 7) is 5.17. The number of nitrogens with one attached hydrogen (secondary N) is 2. The van der Waals surface area contributed by atoms with Gasteiger partial charge in [-0.15, -0.1) is 0 Å². The Bertz CT molecular complexity index is 876. The maximum absolute atomic E-state index is 12.5. The molecule has 0 unspecified atom stereocenters. The lowest BCUT2D eigenvalue weighted by atomic mass is 10.2. The van der Waals surface area contributed by atoms with Crippen molar-refractivity contribution in [1.29, 1.82) is 0 Å². The van der Waals surface area contributed by atoms with E-state index in [0.717, 1.165) is 0 Å². The number of ether oxygens (including phenoxy) is 2. The highest BCUT2D eigenvalue weighted by molar-refractivity contribution is 6.00. The zero-order valence-electron chi connectivity index (χ0n) is 16.6. The Kier molecular flexibility index (Phi) is 7.97. The van der Waals surface area contributed by atoms with Gasteiger partial charge >= 0.3 is 5.97 Å². The van der Waals surface area contributed by atoms with E-state index in [1.807, 2.05) is 13.0 Å². The number of hydrogen-bond donors (Lipinski definition) is 2. The number of carbonyl (C=O) groups excluding carboxylic acids is 3. The van der Waals surface area contributed by atoms with Crippen LogP contribution in [-0.2, 0) is 19.1 Å². The van der Waals surface area contributed by atoms with Gasteiger partial charge in [0, 0.05) is 12.6 Å². The normalized spacial score (nSPS) is 11.9. The van der Waals surface area contributed by atoms with Crippen LogP contribution in [0.4, 0.5) is 5.69 Å². The fourth-order valence-electron chi connectivity index (χ4n) is 2.37. The summed E-state index contributed by atoms with van der Waals surface area (Å²) in [7, 11) is 0. The summed E-state index contributed by atoms with van der Waals surface area (Å²) in [5, 5.41) is 5.11. The summed E-state index contributed by atoms with van der Waals surface area (Å²) >= 11 is 0. The molecule has 1 atom stereocenters. The van der Waals surface area contributed by atoms with Gasteiger partial charge in [0.25, 0.3) is 5.91 Å². The van der Waals surface area contributed by atoms with Crippen LogP contribution in [0.5, 0.6) is 5.75 Å². The van der Waals surface area contributed by atoms with E-state index in [-0.39, 0.29) is 5.70 Å². The molecule has 2 rings (SSSR count). The Morgan fingerprint density at radius 3 is 2.28 bits per heavy atom. The standard InChI is InChI=1S/C22H24N2O5/c1-4-28-19-12-10-18(11-13-19)24-21(26)15(2)29-22(27)20(23-16(3)25)14-17-8-6-5-7-9-17/h5-15H,4H2,1-3H3,(H,23,25)(H,24,26)/b20-14-/t15-/m0/s1. The molecule has 7 nitrogen and oxygen atoms in total. The average molecular weight is 396 g/mol. The van der Waals surface area contributed by atoms with E-state index in [4.69, 9.17) is 9.47 Å². The van der Waals surface area contributed by atoms with Gasteiger partial charge in [0.05, 0.1) is 6.61 Å². The third-order valence-corrected chi connectivity index (χ3v) is 3.73. The van der Waals surface area contributed by atoms with E-state index in [9.17, 15) is 14.4 Å². The van der Waals surface area contributed by atoms with E-state index >= 15 is 0 Å². The van der Waals surface area contributed by atoms with E-state index in [0.29, 0.717) is 23.6 Å². The molecular weight excluding hydrogens is 372 g/mol. The van der Waals surface area contributed by atoms with E-state index in [1.54, 1.807) is 48.5 Å². The molecule has 0 spiro atoms. The quantitative estimate of drug-likeness (QED) is 0.528. The van der Waals surface area contributed by atoms with Crippen molar-refractivity contribution in [2.75, 3.05) is 11.9 Å². The lowest BCUT2D eigenvalue weighted by molar-refractivity contribution is -0.149. The number of carbonyl (C=O) groups is 3. The van der Waals surface area contributed by atoms with Crippen molar-refractivity contribution in [1.82, 2.24) is 5.32 Å². The highest BCUT2D eigenvalue weighted by atomic mass is 16.5. The van der Waals surface area contributed by atoms with Gasteiger partial charge in [-0.1, -0.05) is 30.3 Å². The number of anilines is 1. The van der Waals surface area contributed by atoms with Crippen LogP contribution in [0.15, 0.2) is 60.3 Å². The first-order valence-corrected chi connectivity index (χ1v) is 9.18. The lowest BCUT2D eigenvalue weighted by Gasteiger charge is -2.15. The molecule has 29 heavy (non-hydrogen) atoms. The van der Waals surface area contributed by atoms with Gasteiger partial charge in [0.1, 0.15) is 11.4 Å². The number of esters is 1. The molecule has 0 bridgehead atoms. The van der Waals surface area contributed by atoms with Crippen LogP contribution in [-0.4, -0.2) is 30.5 Å². The molecule has 2 aromatic rings. The monoisotopic (exact) mass is 396 g/mol. The van der Waals surface area contributed by atoms with Gasteiger partial charge in [-0.3, -0.25) is 9.59 Å². The van der Waals surface area contributed by atoms with Crippen LogP contribution >= 0.6 is 0 Å². The highest BCUT2D eigenvalue weighted by Gasteiger charge is 2.21. The molecule has 2 N–H and O–H groups in total. The zero-order chi connectivity index (χ0) is 21.2. The van der Waals surface area contributed by atoms with Crippen molar-refractivity contribution in [2.45, 2.75) is 26.9 Å². The highest BCUT2D eigenvalue weighted by Crippen LogP contribution is 2.16. The van der Waals surface area contributed by atoms with Gasteiger partial charge in [-0.25, -0.2) is 4.79 Å². The van der Waals surface area contributed by atoms with E-state index in [1.165, 1.54) is 19.9 Å². The van der Waals surface area contributed by atoms with Crippen molar-refractivity contribution in [3.05, 3.63) is 65.9 Å². The van der Waals surface area contributed by atoms with E-state index in [2.05, 4.69) is 10.6 Å². The predicted octanol–water partition coefficient (Wildman–Crippen LogP) is 3.13. The second kappa shape index (κ2) is 10.7. The van der Waals surface area contributed by atoms with Crippen molar-refractivity contribution in [3.63, 3.8) is 0 Å². The second-order valence-corrected chi connectivity index (χ2v) is 6.14. The van der Waals surface area contributed by atoms with Crippen LogP contribution in [0, 0.1) is 0 Å². The minimum Gasteiger partial charge on any atom is -0.494 e. The molecule has 2 aromatic carbocycles. The maximum atomic E-state index is 12.5. The Morgan fingerprint density at radius 2 is 1.69 bits per heavy atom. The first-order valence-electron chi connectivity index (χ1n) is 9.18. The Labute approximate surface area is 169 Å². The Balaban J connectivity index is 2.03. The fraction of sp³-hybridized carbons (Fsp3) is 0.227. The summed E-state index contributed by atoms with van der Waals surface area (Å²) in [6.07, 6.45) is 0.419. The van der Waals surface area contributed by atoms with Gasteiger partial charge < -0.3 is 20.1 Å². The lowest BCUT2D eigenvalue weighted by Crippen LogP contribution is -2.33. The SMILES string of the molecule is CCOc1ccc(NC(=O)[C@H](C)OC(=O)/C(=C/c2ccccc2)NC(C)=O)cc1. The third-order valence-electron chi connectivity index (χ3n) is 3.73. The molecule has 0 saturated carbocycles. The van der Waals surface area contributed by atoms with Crippen LogP contribution in [0.2, 0.25) is 0 Å². The van der Waals surface area contributed by atoms with Gasteiger partial charge in [-0.2, -0.15) is 0 Å². The molecule has 0 heterocycles. The van der Waals surface area contributed by atoms with Crippen LogP contribution < -0.4 is 15.4 Å². The molecular formula is C22H24N2O5. The first-order chi connectivity index (χ1) is 13.9. The zero-order valence-corrected chi connectivity index (χ0v) is 16.6. The topological polar surface area (TPSA) is 93.7 Å². The maximum Gasteiger partial charge on any atom is 0.355 e. The van der Waals surface area contributed by atoms with Crippen molar-refractivity contribution in [3.8, 4) is 5.75 Å². The molecule has 0 aliphatic rings. The van der Waals surface area contributed by atoms with Crippen molar-refractivity contribution in [2.24, 2.45) is 0 Å². The van der Waals surface area contributed by atoms with Gasteiger partial charge in [-0.05, 0) is 49.8 Å². The Morgan fingerprint density at radius 1 is 1.03 bits per heavy atom. The number of benzene rings is 2. The van der Waals surface area contributed by atoms with Gasteiger partial charge in [0.15, 0.2) is 6.10 Å². The molecule has 0 saturated heterocycles. The van der Waals surface area contributed by atoms with Crippen molar-refractivity contribution < 1.29 is 23.9 Å². The molecule has 0 fully saturated rings. The smallest absolute Gasteiger partial charge is 0.355 e. The molecule has 7 heteroatoms. The largest absolute Gasteiger partial charge is 0.494 e. The van der Waals surface area contributed by atoms with Crippen LogP contribution in [0.3, 0.4) is 0 Å². The second-order valence-electron chi connectivity index (χ2n) is 6.14. The number of hydrogen-bond acceptors (Lipinski definition) is 5. The first kappa shape index (κ1) is 21.7. The summed E-state index contributed by atoms with van der Waals surface area (Å²) < 4.78 is 10.6. The molecule has 152 valence electrons. The molecule has 0 radical (unpaired) electrons. The van der Waals surface area contributed by atoms with Crippen LogP contribution in [0.1, 0.15) is 26.3 Å². The summed E-state index contributed by atoms with van der Waals surface area (Å²) in [4.78, 5) is 36.2. The minimum atomic E-state index is -1.07. The van der Waals surface area contributed by atoms with E-state index < -0.39 is 23.9 Å². The molecule has 0 aromatic heterocycles. The fourth-order valence-corrected chi connectivity index (χ4v) is 2.37. The molecule has 0 aliphatic carbocycles. The number of rotatable bonds is 8. The minimum absolute atomic E-state index is 0.0515. The van der Waals surface area contributed by atoms with Crippen LogP contribution in [0.25, 0.3) is 6.08 Å². The molecule has 0 aliphatic heterocycles. The predicted molar refractivity (Wildman–Crippen MR) is 110 cm³/mol. The summed E-state index contributed by atoms with van der Waals surface area (Å²) in [6, 6.07) is 15.8. The van der Waals surface area contributed by atoms with Gasteiger partial charge in [0.2, 0.25) is 5.91 Å². The number of amides is 2. The summed E-state index contributed by atoms with van der Waals surface area (Å²) in [5.74, 6) is -1.03. The third kappa shape index (κ3) is 7.14. The molecule has 2 amide bonds. The Hall–Kier alpha value is -3.61. The summed E-state index contributed by atoms with van der Waals surface area (Å²) in [5.41, 5.74) is 1.20. The van der Waals surface area contributed by atoms with Crippen molar-refractivity contribution >= 4 is 29.5 Å². The average Bonchev–Trinajstić information content (AvgIpc) is 2.69.